The van der Waals surface area contributed by atoms with Gasteiger partial charge in [-0.25, -0.2) is 0 Å². The van der Waals surface area contributed by atoms with E-state index in [1.54, 1.807) is 18.2 Å². The number of hydrogen-bond acceptors (Lipinski definition) is 3. The van der Waals surface area contributed by atoms with E-state index in [-0.39, 0.29) is 5.97 Å². The van der Waals surface area contributed by atoms with E-state index in [0.29, 0.717) is 24.5 Å². The van der Waals surface area contributed by atoms with Gasteiger partial charge in [-0.05, 0) is 12.1 Å². The molecule has 0 amide bonds. The number of rotatable bonds is 0. The van der Waals surface area contributed by atoms with Crippen LogP contribution in [0.15, 0.2) is 24.3 Å². The van der Waals surface area contributed by atoms with Crippen molar-refractivity contribution in [1.29, 1.82) is 0 Å². The second kappa shape index (κ2) is 2.85. The third-order valence-corrected chi connectivity index (χ3v) is 1.64. The number of esters is 1. The van der Waals surface area contributed by atoms with E-state index in [4.69, 9.17) is 9.47 Å². The van der Waals surface area contributed by atoms with E-state index in [1.807, 2.05) is 6.07 Å². The molecular weight excluding hydrogens is 156 g/mol. The van der Waals surface area contributed by atoms with Crippen molar-refractivity contribution in [2.24, 2.45) is 0 Å². The summed E-state index contributed by atoms with van der Waals surface area (Å²) >= 11 is 0. The second-order valence-corrected chi connectivity index (χ2v) is 2.52. The number of para-hydroxylation sites is 2. The summed E-state index contributed by atoms with van der Waals surface area (Å²) in [6.07, 6.45) is 0.314. The molecule has 0 aromatic heterocycles. The summed E-state index contributed by atoms with van der Waals surface area (Å²) in [6.45, 7) is 0.399. The van der Waals surface area contributed by atoms with Crippen LogP contribution in [0.2, 0.25) is 0 Å². The van der Waals surface area contributed by atoms with Crippen LogP contribution in [-0.2, 0) is 4.79 Å². The lowest BCUT2D eigenvalue weighted by Crippen LogP contribution is -2.07. The van der Waals surface area contributed by atoms with Gasteiger partial charge in [0.1, 0.15) is 0 Å². The van der Waals surface area contributed by atoms with Gasteiger partial charge in [0, 0.05) is 0 Å². The van der Waals surface area contributed by atoms with Gasteiger partial charge < -0.3 is 9.47 Å². The Hall–Kier alpha value is -1.51. The van der Waals surface area contributed by atoms with Crippen LogP contribution in [0, 0.1) is 0 Å². The molecule has 2 rings (SSSR count). The number of hydrogen-bond donors (Lipinski definition) is 0. The quantitative estimate of drug-likeness (QED) is 0.429. The Morgan fingerprint density at radius 2 is 1.92 bits per heavy atom. The summed E-state index contributed by atoms with van der Waals surface area (Å²) in [7, 11) is 0. The van der Waals surface area contributed by atoms with Gasteiger partial charge in [-0.1, -0.05) is 12.1 Å². The number of benzene rings is 1. The van der Waals surface area contributed by atoms with Gasteiger partial charge in [0.15, 0.2) is 11.5 Å². The normalized spacial score (nSPS) is 15.5. The Kier molecular flexibility index (Phi) is 1.70. The fourth-order valence-electron chi connectivity index (χ4n) is 1.07. The molecule has 0 fully saturated rings. The average molecular weight is 164 g/mol. The predicted octanol–water partition coefficient (Wildman–Crippen LogP) is 1.37. The summed E-state index contributed by atoms with van der Waals surface area (Å²) in [5, 5.41) is 0. The Morgan fingerprint density at radius 3 is 2.75 bits per heavy atom. The maximum Gasteiger partial charge on any atom is 0.314 e. The number of carbonyl (C=O) groups is 1. The predicted molar refractivity (Wildman–Crippen MR) is 42.2 cm³/mol. The molecule has 62 valence electrons. The molecular formula is C9H8O3. The number of carbonyl (C=O) groups excluding carboxylic acids is 1. The van der Waals surface area contributed by atoms with Gasteiger partial charge in [0.25, 0.3) is 0 Å². The zero-order valence-electron chi connectivity index (χ0n) is 6.45. The summed E-state index contributed by atoms with van der Waals surface area (Å²) in [6, 6.07) is 7.16. The summed E-state index contributed by atoms with van der Waals surface area (Å²) in [5.74, 6) is 0.920. The van der Waals surface area contributed by atoms with Crippen LogP contribution in [0.25, 0.3) is 0 Å². The van der Waals surface area contributed by atoms with Crippen LogP contribution < -0.4 is 9.47 Å². The van der Waals surface area contributed by atoms with Gasteiger partial charge in [-0.3, -0.25) is 4.79 Å². The van der Waals surface area contributed by atoms with E-state index >= 15 is 0 Å². The third kappa shape index (κ3) is 1.25. The van der Waals surface area contributed by atoms with Gasteiger partial charge in [0.2, 0.25) is 0 Å². The zero-order chi connectivity index (χ0) is 8.39. The molecule has 0 bridgehead atoms. The molecule has 0 N–H and O–H groups in total. The molecule has 0 aliphatic carbocycles. The molecule has 0 spiro atoms. The summed E-state index contributed by atoms with van der Waals surface area (Å²) < 4.78 is 10.3. The lowest BCUT2D eigenvalue weighted by molar-refractivity contribution is -0.134. The van der Waals surface area contributed by atoms with Crippen molar-refractivity contribution in [2.45, 2.75) is 6.42 Å². The first-order valence-corrected chi connectivity index (χ1v) is 3.79. The monoisotopic (exact) mass is 164 g/mol. The molecule has 1 aromatic rings. The maximum atomic E-state index is 10.9. The van der Waals surface area contributed by atoms with Gasteiger partial charge in [-0.2, -0.15) is 0 Å². The van der Waals surface area contributed by atoms with E-state index < -0.39 is 0 Å². The Labute approximate surface area is 69.9 Å². The molecule has 0 atom stereocenters. The van der Waals surface area contributed by atoms with Crippen molar-refractivity contribution in [3.05, 3.63) is 24.3 Å². The molecule has 1 heterocycles. The van der Waals surface area contributed by atoms with Crippen molar-refractivity contribution in [3.63, 3.8) is 0 Å². The zero-order valence-corrected chi connectivity index (χ0v) is 6.45. The summed E-state index contributed by atoms with van der Waals surface area (Å²) in [4.78, 5) is 10.9. The minimum absolute atomic E-state index is 0.236. The molecule has 3 nitrogen and oxygen atoms in total. The summed E-state index contributed by atoms with van der Waals surface area (Å²) in [5.41, 5.74) is 0. The van der Waals surface area contributed by atoms with Crippen molar-refractivity contribution in [1.82, 2.24) is 0 Å². The molecule has 1 aromatic carbocycles. The number of fused-ring (bicyclic) bond motifs is 1. The molecule has 3 heteroatoms. The van der Waals surface area contributed by atoms with Crippen LogP contribution in [0.3, 0.4) is 0 Å². The molecule has 0 saturated heterocycles. The highest BCUT2D eigenvalue weighted by Crippen LogP contribution is 2.28. The van der Waals surface area contributed by atoms with E-state index in [2.05, 4.69) is 0 Å². The highest BCUT2D eigenvalue weighted by atomic mass is 16.6. The fourth-order valence-corrected chi connectivity index (χ4v) is 1.07. The lowest BCUT2D eigenvalue weighted by Gasteiger charge is -2.03. The topological polar surface area (TPSA) is 35.5 Å². The third-order valence-electron chi connectivity index (χ3n) is 1.64. The van der Waals surface area contributed by atoms with E-state index in [1.165, 1.54) is 0 Å². The first kappa shape index (κ1) is 7.16. The minimum atomic E-state index is -0.236. The first-order chi connectivity index (χ1) is 5.86. The van der Waals surface area contributed by atoms with Crippen molar-refractivity contribution in [3.8, 4) is 11.5 Å². The molecule has 0 unspecified atom stereocenters. The SMILES string of the molecule is O=C1CCOc2ccccc2O1. The van der Waals surface area contributed by atoms with E-state index in [9.17, 15) is 4.79 Å². The van der Waals surface area contributed by atoms with Gasteiger partial charge >= 0.3 is 5.97 Å². The van der Waals surface area contributed by atoms with Crippen LogP contribution in [0.1, 0.15) is 6.42 Å². The highest BCUT2D eigenvalue weighted by Gasteiger charge is 2.14. The Morgan fingerprint density at radius 1 is 1.17 bits per heavy atom. The average Bonchev–Trinajstić information content (AvgIpc) is 2.25. The molecule has 12 heavy (non-hydrogen) atoms. The standard InChI is InChI=1S/C9H8O3/c10-9-5-6-11-7-3-1-2-4-8(7)12-9/h1-4H,5-6H2. The van der Waals surface area contributed by atoms with Gasteiger partial charge in [-0.15, -0.1) is 0 Å². The molecule has 0 radical (unpaired) electrons. The molecule has 1 aliphatic rings. The van der Waals surface area contributed by atoms with Gasteiger partial charge in [0.05, 0.1) is 13.0 Å². The Balaban J connectivity index is 2.37. The molecule has 1 aliphatic heterocycles. The van der Waals surface area contributed by atoms with Crippen LogP contribution >= 0.6 is 0 Å². The smallest absolute Gasteiger partial charge is 0.314 e. The molecule has 0 saturated carbocycles. The van der Waals surface area contributed by atoms with Crippen molar-refractivity contribution < 1.29 is 14.3 Å². The lowest BCUT2D eigenvalue weighted by atomic mass is 10.3. The Bertz CT molecular complexity index is 306. The fraction of sp³-hybridized carbons (Fsp3) is 0.222. The number of ether oxygens (including phenoxy) is 2. The second-order valence-electron chi connectivity index (χ2n) is 2.52. The highest BCUT2D eigenvalue weighted by molar-refractivity contribution is 5.74. The largest absolute Gasteiger partial charge is 0.489 e. The first-order valence-electron chi connectivity index (χ1n) is 3.79. The van der Waals surface area contributed by atoms with Crippen LogP contribution in [0.5, 0.6) is 11.5 Å². The maximum absolute atomic E-state index is 10.9. The minimum Gasteiger partial charge on any atom is -0.489 e. The van der Waals surface area contributed by atoms with Crippen molar-refractivity contribution in [2.75, 3.05) is 6.61 Å². The van der Waals surface area contributed by atoms with E-state index in [0.717, 1.165) is 0 Å². The van der Waals surface area contributed by atoms with Crippen LogP contribution in [-0.4, -0.2) is 12.6 Å². The van der Waals surface area contributed by atoms with Crippen LogP contribution in [0.4, 0.5) is 0 Å². The van der Waals surface area contributed by atoms with Crippen molar-refractivity contribution >= 4 is 5.97 Å².